The monoisotopic (exact) mass is 390 g/mol. The molecule has 1 aliphatic heterocycles. The number of hydrogen-bond donors (Lipinski definition) is 0. The van der Waals surface area contributed by atoms with E-state index in [1.807, 2.05) is 54.3 Å². The summed E-state index contributed by atoms with van der Waals surface area (Å²) in [4.78, 5) is 16.9. The van der Waals surface area contributed by atoms with E-state index >= 15 is 0 Å². The Bertz CT molecular complexity index is 937. The van der Waals surface area contributed by atoms with E-state index in [4.69, 9.17) is 4.74 Å². The van der Waals surface area contributed by atoms with Crippen LogP contribution in [0.1, 0.15) is 17.5 Å². The lowest BCUT2D eigenvalue weighted by atomic mass is 10.2. The van der Waals surface area contributed by atoms with Crippen molar-refractivity contribution >= 4 is 6.03 Å². The molecule has 0 N–H and O–H groups in total. The van der Waals surface area contributed by atoms with Gasteiger partial charge in [0.05, 0.1) is 6.20 Å². The second kappa shape index (κ2) is 8.92. The lowest BCUT2D eigenvalue weighted by Crippen LogP contribution is -2.38. The first-order valence-corrected chi connectivity index (χ1v) is 10.0. The number of amides is 1. The number of hydrogen-bond acceptors (Lipinski definition) is 4. The maximum Gasteiger partial charge on any atom is 0.344 e. The quantitative estimate of drug-likeness (QED) is 0.671. The Balaban J connectivity index is 1.31. The van der Waals surface area contributed by atoms with Gasteiger partial charge in [0.1, 0.15) is 11.5 Å². The normalized spacial score (nSPS) is 15.1. The summed E-state index contributed by atoms with van der Waals surface area (Å²) in [6.45, 7) is 6.12. The fourth-order valence-corrected chi connectivity index (χ4v) is 3.53. The van der Waals surface area contributed by atoms with Crippen LogP contribution in [-0.2, 0) is 6.54 Å². The summed E-state index contributed by atoms with van der Waals surface area (Å²) in [5.41, 5.74) is 2.24. The van der Waals surface area contributed by atoms with Gasteiger partial charge < -0.3 is 9.64 Å². The molecule has 0 saturated carbocycles. The average molecular weight is 390 g/mol. The smallest absolute Gasteiger partial charge is 0.344 e. The van der Waals surface area contributed by atoms with E-state index in [1.54, 1.807) is 12.4 Å². The lowest BCUT2D eigenvalue weighted by Gasteiger charge is -2.22. The second-order valence-electron chi connectivity index (χ2n) is 7.42. The highest BCUT2D eigenvalue weighted by atomic mass is 16.5. The highest BCUT2D eigenvalue weighted by Crippen LogP contribution is 2.21. The molecule has 3 aromatic rings. The predicted octanol–water partition coefficient (Wildman–Crippen LogP) is 4.16. The molecule has 1 saturated heterocycles. The largest absolute Gasteiger partial charge is 0.457 e. The molecule has 2 aromatic carbocycles. The Labute approximate surface area is 171 Å². The Morgan fingerprint density at radius 3 is 2.45 bits per heavy atom. The van der Waals surface area contributed by atoms with Gasteiger partial charge in [0.25, 0.3) is 0 Å². The van der Waals surface area contributed by atoms with Crippen LogP contribution in [0.2, 0.25) is 0 Å². The molecule has 6 nitrogen and oxygen atoms in total. The molecule has 0 radical (unpaired) electrons. The zero-order valence-corrected chi connectivity index (χ0v) is 16.7. The fraction of sp³-hybridized carbons (Fsp3) is 0.304. The number of para-hydroxylation sites is 1. The first-order valence-electron chi connectivity index (χ1n) is 10.0. The summed E-state index contributed by atoms with van der Waals surface area (Å²) in [5, 5.41) is 4.15. The van der Waals surface area contributed by atoms with Crippen LogP contribution < -0.4 is 4.74 Å². The minimum absolute atomic E-state index is 0.0395. The summed E-state index contributed by atoms with van der Waals surface area (Å²) in [6.07, 6.45) is 4.46. The van der Waals surface area contributed by atoms with Gasteiger partial charge in [0.2, 0.25) is 0 Å². The van der Waals surface area contributed by atoms with Crippen LogP contribution >= 0.6 is 0 Å². The summed E-state index contributed by atoms with van der Waals surface area (Å²) >= 11 is 0. The SMILES string of the molecule is Cc1cnn(C(=O)N2CCCN(Cc3ccc(Oc4ccccc4)cc3)CC2)c1. The lowest BCUT2D eigenvalue weighted by molar-refractivity contribution is 0.196. The first kappa shape index (κ1) is 19.2. The van der Waals surface area contributed by atoms with E-state index in [9.17, 15) is 4.79 Å². The van der Waals surface area contributed by atoms with Gasteiger partial charge in [-0.05, 0) is 48.7 Å². The van der Waals surface area contributed by atoms with Crippen molar-refractivity contribution in [2.24, 2.45) is 0 Å². The number of ether oxygens (including phenoxy) is 1. The van der Waals surface area contributed by atoms with Crippen LogP contribution in [0.5, 0.6) is 11.5 Å². The molecule has 2 heterocycles. The Hall–Kier alpha value is -3.12. The maximum absolute atomic E-state index is 12.6. The average Bonchev–Trinajstić information content (AvgIpc) is 3.04. The van der Waals surface area contributed by atoms with Crippen molar-refractivity contribution in [2.75, 3.05) is 26.2 Å². The molecular weight excluding hydrogens is 364 g/mol. The minimum Gasteiger partial charge on any atom is -0.457 e. The van der Waals surface area contributed by atoms with Gasteiger partial charge in [0.15, 0.2) is 0 Å². The number of benzene rings is 2. The van der Waals surface area contributed by atoms with Crippen molar-refractivity contribution < 1.29 is 9.53 Å². The Kier molecular flexibility index (Phi) is 5.91. The number of aryl methyl sites for hydroxylation is 1. The van der Waals surface area contributed by atoms with E-state index in [-0.39, 0.29) is 6.03 Å². The van der Waals surface area contributed by atoms with Crippen LogP contribution in [0.25, 0.3) is 0 Å². The van der Waals surface area contributed by atoms with Gasteiger partial charge >= 0.3 is 6.03 Å². The number of rotatable bonds is 4. The van der Waals surface area contributed by atoms with Crippen molar-refractivity contribution in [1.82, 2.24) is 19.6 Å². The van der Waals surface area contributed by atoms with Crippen LogP contribution in [0.15, 0.2) is 67.0 Å². The molecule has 4 rings (SSSR count). The van der Waals surface area contributed by atoms with Gasteiger partial charge in [-0.25, -0.2) is 4.79 Å². The summed E-state index contributed by atoms with van der Waals surface area (Å²) in [6, 6.07) is 18.0. The molecule has 0 bridgehead atoms. The van der Waals surface area contributed by atoms with Crippen molar-refractivity contribution in [3.05, 3.63) is 78.1 Å². The van der Waals surface area contributed by atoms with E-state index in [0.29, 0.717) is 6.54 Å². The third-order valence-electron chi connectivity index (χ3n) is 5.08. The van der Waals surface area contributed by atoms with Crippen molar-refractivity contribution in [3.63, 3.8) is 0 Å². The maximum atomic E-state index is 12.6. The molecule has 1 fully saturated rings. The molecule has 0 unspecified atom stereocenters. The second-order valence-corrected chi connectivity index (χ2v) is 7.42. The molecule has 150 valence electrons. The van der Waals surface area contributed by atoms with Crippen molar-refractivity contribution in [3.8, 4) is 11.5 Å². The van der Waals surface area contributed by atoms with E-state index in [2.05, 4.69) is 22.1 Å². The Morgan fingerprint density at radius 2 is 1.72 bits per heavy atom. The summed E-state index contributed by atoms with van der Waals surface area (Å²) < 4.78 is 7.30. The molecule has 0 spiro atoms. The van der Waals surface area contributed by atoms with E-state index < -0.39 is 0 Å². The third kappa shape index (κ3) is 5.03. The van der Waals surface area contributed by atoms with Gasteiger partial charge in [0, 0.05) is 38.9 Å². The van der Waals surface area contributed by atoms with Gasteiger partial charge in [-0.1, -0.05) is 30.3 Å². The van der Waals surface area contributed by atoms with Crippen molar-refractivity contribution in [1.29, 1.82) is 0 Å². The van der Waals surface area contributed by atoms with E-state index in [0.717, 1.165) is 49.7 Å². The van der Waals surface area contributed by atoms with Crippen LogP contribution in [0.4, 0.5) is 4.79 Å². The first-order chi connectivity index (χ1) is 14.2. The summed E-state index contributed by atoms with van der Waals surface area (Å²) in [5.74, 6) is 1.67. The van der Waals surface area contributed by atoms with Crippen LogP contribution in [-0.4, -0.2) is 51.8 Å². The summed E-state index contributed by atoms with van der Waals surface area (Å²) in [7, 11) is 0. The fourth-order valence-electron chi connectivity index (χ4n) is 3.53. The molecule has 0 atom stereocenters. The van der Waals surface area contributed by atoms with Crippen molar-refractivity contribution in [2.45, 2.75) is 19.9 Å². The standard InChI is InChI=1S/C23H26N4O2/c1-19-16-24-27(17-19)23(28)26-13-5-12-25(14-15-26)18-20-8-10-22(11-9-20)29-21-6-3-2-4-7-21/h2-4,6-11,16-17H,5,12-15,18H2,1H3. The molecule has 29 heavy (non-hydrogen) atoms. The van der Waals surface area contributed by atoms with Crippen LogP contribution in [0.3, 0.4) is 0 Å². The zero-order chi connectivity index (χ0) is 20.1. The highest BCUT2D eigenvalue weighted by Gasteiger charge is 2.20. The number of carbonyl (C=O) groups is 1. The van der Waals surface area contributed by atoms with Gasteiger partial charge in [-0.3, -0.25) is 4.90 Å². The Morgan fingerprint density at radius 1 is 0.966 bits per heavy atom. The number of nitrogens with zero attached hydrogens (tertiary/aromatic N) is 4. The zero-order valence-electron chi connectivity index (χ0n) is 16.7. The molecule has 0 aliphatic carbocycles. The van der Waals surface area contributed by atoms with Gasteiger partial charge in [-0.2, -0.15) is 9.78 Å². The molecule has 1 aliphatic rings. The number of aromatic nitrogens is 2. The predicted molar refractivity (Wildman–Crippen MR) is 112 cm³/mol. The van der Waals surface area contributed by atoms with E-state index in [1.165, 1.54) is 10.2 Å². The topological polar surface area (TPSA) is 50.6 Å². The highest BCUT2D eigenvalue weighted by molar-refractivity contribution is 5.76. The van der Waals surface area contributed by atoms with Gasteiger partial charge in [-0.15, -0.1) is 0 Å². The molecule has 1 aromatic heterocycles. The molecular formula is C23H26N4O2. The molecule has 6 heteroatoms. The minimum atomic E-state index is -0.0395. The number of carbonyl (C=O) groups excluding carboxylic acids is 1. The molecule has 1 amide bonds. The third-order valence-corrected chi connectivity index (χ3v) is 5.08. The van der Waals surface area contributed by atoms with Crippen LogP contribution in [0, 0.1) is 6.92 Å².